The van der Waals surface area contributed by atoms with E-state index >= 15 is 4.39 Å². The van der Waals surface area contributed by atoms with E-state index in [4.69, 9.17) is 14.5 Å². The molecule has 0 unspecified atom stereocenters. The lowest BCUT2D eigenvalue weighted by molar-refractivity contribution is -0.241. The number of ether oxygens (including phenoxy) is 1. The molecule has 38 heavy (non-hydrogen) atoms. The topological polar surface area (TPSA) is 44.8 Å². The molecule has 3 aromatic carbocycles. The maximum Gasteiger partial charge on any atom is 0.376 e. The van der Waals surface area contributed by atoms with Gasteiger partial charge in [0.05, 0.1) is 18.8 Å². The number of benzene rings is 3. The highest BCUT2D eigenvalue weighted by atomic mass is 19.1. The van der Waals surface area contributed by atoms with Crippen molar-refractivity contribution in [2.24, 2.45) is 0 Å². The Hall–Kier alpha value is -3.25. The smallest absolute Gasteiger partial charge is 0.376 e. The number of rotatable bonds is 16. The molecule has 3 rings (SSSR count). The van der Waals surface area contributed by atoms with E-state index in [-0.39, 0.29) is 23.5 Å². The Labute approximate surface area is 224 Å². The number of halogens is 2. The second-order valence-electron chi connectivity index (χ2n) is 9.38. The number of carbonyl (C=O) groups excluding carboxylic acids is 1. The van der Waals surface area contributed by atoms with Gasteiger partial charge in [0.1, 0.15) is 5.82 Å². The molecule has 0 radical (unpaired) electrons. The highest BCUT2D eigenvalue weighted by molar-refractivity contribution is 5.95. The number of unbranched alkanes of at least 4 members (excludes halogenated alkanes) is 7. The molecule has 204 valence electrons. The molecule has 0 saturated carbocycles. The predicted octanol–water partition coefficient (Wildman–Crippen LogP) is 9.32. The van der Waals surface area contributed by atoms with Crippen molar-refractivity contribution < 1.29 is 28.1 Å². The van der Waals surface area contributed by atoms with Gasteiger partial charge in [0.2, 0.25) is 0 Å². The van der Waals surface area contributed by atoms with Crippen LogP contribution >= 0.6 is 0 Å². The van der Waals surface area contributed by atoms with Crippen LogP contribution in [0.15, 0.2) is 60.7 Å². The molecule has 0 aromatic heterocycles. The largest absolute Gasteiger partial charge is 0.491 e. The third-order valence-corrected chi connectivity index (χ3v) is 6.39. The molecule has 0 N–H and O–H groups in total. The highest BCUT2D eigenvalue weighted by Gasteiger charge is 2.23. The first-order valence-electron chi connectivity index (χ1n) is 13.7. The zero-order valence-electron chi connectivity index (χ0n) is 22.4. The quantitative estimate of drug-likeness (QED) is 0.106. The van der Waals surface area contributed by atoms with Crippen LogP contribution in [-0.2, 0) is 9.78 Å². The van der Waals surface area contributed by atoms with E-state index in [1.165, 1.54) is 37.5 Å². The Morgan fingerprint density at radius 1 is 0.737 bits per heavy atom. The third-order valence-electron chi connectivity index (χ3n) is 6.39. The van der Waals surface area contributed by atoms with Crippen molar-refractivity contribution in [2.75, 3.05) is 13.2 Å². The fraction of sp³-hybridized carbons (Fsp3) is 0.406. The SMILES string of the molecule is CCCCCCCCOOC(=O)c1ccc(-c2ccccc2)c(-c2ccc(OCCCCC)c(F)c2)c1F. The molecule has 0 spiro atoms. The summed E-state index contributed by atoms with van der Waals surface area (Å²) in [4.78, 5) is 22.7. The van der Waals surface area contributed by atoms with Crippen LogP contribution in [-0.4, -0.2) is 19.2 Å². The average molecular weight is 525 g/mol. The monoisotopic (exact) mass is 524 g/mol. The minimum Gasteiger partial charge on any atom is -0.491 e. The average Bonchev–Trinajstić information content (AvgIpc) is 2.93. The van der Waals surface area contributed by atoms with Crippen LogP contribution in [0.25, 0.3) is 22.3 Å². The summed E-state index contributed by atoms with van der Waals surface area (Å²) in [6.07, 6.45) is 9.24. The van der Waals surface area contributed by atoms with Gasteiger partial charge >= 0.3 is 5.97 Å². The van der Waals surface area contributed by atoms with E-state index in [0.717, 1.165) is 44.1 Å². The summed E-state index contributed by atoms with van der Waals surface area (Å²) in [7, 11) is 0. The summed E-state index contributed by atoms with van der Waals surface area (Å²) < 4.78 is 36.4. The van der Waals surface area contributed by atoms with Gasteiger partial charge in [-0.25, -0.2) is 13.6 Å². The maximum absolute atomic E-state index is 15.9. The summed E-state index contributed by atoms with van der Waals surface area (Å²) in [6.45, 7) is 4.90. The summed E-state index contributed by atoms with van der Waals surface area (Å²) in [5.74, 6) is -2.20. The van der Waals surface area contributed by atoms with Crippen LogP contribution in [0.3, 0.4) is 0 Å². The predicted molar refractivity (Wildman–Crippen MR) is 147 cm³/mol. The minimum absolute atomic E-state index is 0.109. The van der Waals surface area contributed by atoms with E-state index in [2.05, 4.69) is 13.8 Å². The van der Waals surface area contributed by atoms with Crippen molar-refractivity contribution in [3.8, 4) is 28.0 Å². The molecule has 0 aliphatic carbocycles. The van der Waals surface area contributed by atoms with Crippen molar-refractivity contribution in [3.63, 3.8) is 0 Å². The Kier molecular flexibility index (Phi) is 12.2. The third kappa shape index (κ3) is 8.38. The Morgan fingerprint density at radius 3 is 2.16 bits per heavy atom. The van der Waals surface area contributed by atoms with E-state index in [1.54, 1.807) is 12.1 Å². The first-order valence-corrected chi connectivity index (χ1v) is 13.7. The van der Waals surface area contributed by atoms with Gasteiger partial charge in [0, 0.05) is 5.56 Å². The Morgan fingerprint density at radius 2 is 1.42 bits per heavy atom. The molecule has 6 heteroatoms. The summed E-state index contributed by atoms with van der Waals surface area (Å²) in [5.41, 5.74) is 1.40. The zero-order chi connectivity index (χ0) is 27.2. The highest BCUT2D eigenvalue weighted by Crippen LogP contribution is 2.37. The van der Waals surface area contributed by atoms with Gasteiger partial charge in [0.15, 0.2) is 11.6 Å². The lowest BCUT2D eigenvalue weighted by Gasteiger charge is -2.15. The Bertz CT molecular complexity index is 1150. The molecule has 0 aliphatic rings. The van der Waals surface area contributed by atoms with Crippen LogP contribution < -0.4 is 4.74 Å². The van der Waals surface area contributed by atoms with E-state index in [0.29, 0.717) is 17.7 Å². The van der Waals surface area contributed by atoms with Gasteiger partial charge in [-0.3, -0.25) is 4.89 Å². The second-order valence-corrected chi connectivity index (χ2v) is 9.38. The first kappa shape index (κ1) is 29.3. The standard InChI is InChI=1S/C32H38F2O4/c1-3-5-7-8-9-14-22-37-38-32(35)27-19-18-26(24-15-11-10-12-16-24)30(31(27)34)25-17-20-29(28(33)23-25)36-21-13-6-4-2/h10-12,15-20,23H,3-9,13-14,21-22H2,1-2H3. The molecule has 0 heterocycles. The lowest BCUT2D eigenvalue weighted by Crippen LogP contribution is -2.10. The van der Waals surface area contributed by atoms with E-state index in [9.17, 15) is 9.18 Å². The molecule has 0 atom stereocenters. The lowest BCUT2D eigenvalue weighted by atomic mass is 9.92. The van der Waals surface area contributed by atoms with Gasteiger partial charge in [-0.1, -0.05) is 101 Å². The second kappa shape index (κ2) is 15.9. The first-order chi connectivity index (χ1) is 18.6. The van der Waals surface area contributed by atoms with Crippen molar-refractivity contribution >= 4 is 5.97 Å². The molecule has 4 nitrogen and oxygen atoms in total. The fourth-order valence-electron chi connectivity index (χ4n) is 4.26. The van der Waals surface area contributed by atoms with Gasteiger partial charge in [-0.05, 0) is 47.7 Å². The number of carbonyl (C=O) groups is 1. The van der Waals surface area contributed by atoms with Crippen LogP contribution in [0.2, 0.25) is 0 Å². The zero-order valence-corrected chi connectivity index (χ0v) is 22.4. The summed E-state index contributed by atoms with van der Waals surface area (Å²) in [6, 6.07) is 16.6. The van der Waals surface area contributed by atoms with Crippen LogP contribution in [0.4, 0.5) is 8.78 Å². The van der Waals surface area contributed by atoms with Crippen molar-refractivity contribution in [2.45, 2.75) is 71.6 Å². The fourth-order valence-corrected chi connectivity index (χ4v) is 4.26. The van der Waals surface area contributed by atoms with E-state index in [1.807, 2.05) is 30.3 Å². The molecule has 0 aliphatic heterocycles. The molecule has 3 aromatic rings. The van der Waals surface area contributed by atoms with Gasteiger partial charge in [-0.15, -0.1) is 0 Å². The number of hydrogen-bond acceptors (Lipinski definition) is 4. The summed E-state index contributed by atoms with van der Waals surface area (Å²) in [5, 5.41) is 0. The summed E-state index contributed by atoms with van der Waals surface area (Å²) >= 11 is 0. The minimum atomic E-state index is -0.925. The molecular formula is C32H38F2O4. The van der Waals surface area contributed by atoms with Gasteiger partial charge in [0.25, 0.3) is 0 Å². The van der Waals surface area contributed by atoms with Crippen LogP contribution in [0.1, 0.15) is 82.0 Å². The molecule has 0 amide bonds. The van der Waals surface area contributed by atoms with Gasteiger partial charge in [-0.2, -0.15) is 4.89 Å². The maximum atomic E-state index is 15.9. The van der Waals surface area contributed by atoms with Crippen LogP contribution in [0, 0.1) is 11.6 Å². The Balaban J connectivity index is 1.80. The van der Waals surface area contributed by atoms with Gasteiger partial charge < -0.3 is 4.74 Å². The molecule has 0 bridgehead atoms. The normalized spacial score (nSPS) is 10.9. The molecular weight excluding hydrogens is 486 g/mol. The number of hydrogen-bond donors (Lipinski definition) is 0. The molecule has 0 saturated heterocycles. The van der Waals surface area contributed by atoms with Crippen molar-refractivity contribution in [1.82, 2.24) is 0 Å². The van der Waals surface area contributed by atoms with Crippen molar-refractivity contribution in [1.29, 1.82) is 0 Å². The van der Waals surface area contributed by atoms with E-state index < -0.39 is 17.6 Å². The van der Waals surface area contributed by atoms with Crippen LogP contribution in [0.5, 0.6) is 5.75 Å². The van der Waals surface area contributed by atoms with Crippen molar-refractivity contribution in [3.05, 3.63) is 77.9 Å². The molecule has 0 fully saturated rings.